The quantitative estimate of drug-likeness (QED) is 0.849. The fraction of sp³-hybridized carbons (Fsp3) is 0.267. The van der Waals surface area contributed by atoms with Gasteiger partial charge in [-0.05, 0) is 32.9 Å². The number of nitrogens with one attached hydrogen (secondary N) is 2. The monoisotopic (exact) mass is 303 g/mol. The molecule has 110 valence electrons. The first kappa shape index (κ1) is 15.2. The van der Waals surface area contributed by atoms with E-state index in [1.165, 1.54) is 18.3 Å². The van der Waals surface area contributed by atoms with Crippen molar-refractivity contribution in [2.75, 3.05) is 5.32 Å². The smallest absolute Gasteiger partial charge is 0.319 e. The van der Waals surface area contributed by atoms with Gasteiger partial charge < -0.3 is 10.6 Å². The van der Waals surface area contributed by atoms with Gasteiger partial charge in [0.25, 0.3) is 0 Å². The molecule has 1 heterocycles. The zero-order valence-electron chi connectivity index (χ0n) is 12.1. The number of urea groups is 1. The van der Waals surface area contributed by atoms with Crippen LogP contribution in [-0.4, -0.2) is 16.8 Å². The second kappa shape index (κ2) is 6.49. The van der Waals surface area contributed by atoms with E-state index in [1.54, 1.807) is 24.3 Å². The van der Waals surface area contributed by atoms with Gasteiger partial charge in [0.15, 0.2) is 5.78 Å². The van der Waals surface area contributed by atoms with Crippen molar-refractivity contribution in [3.8, 4) is 0 Å². The van der Waals surface area contributed by atoms with Crippen molar-refractivity contribution in [1.82, 2.24) is 10.3 Å². The van der Waals surface area contributed by atoms with E-state index in [9.17, 15) is 9.59 Å². The minimum atomic E-state index is -0.323. The van der Waals surface area contributed by atoms with Crippen LogP contribution >= 0.6 is 11.3 Å². The number of aromatic nitrogens is 1. The van der Waals surface area contributed by atoms with E-state index in [1.807, 2.05) is 19.2 Å². The Kier molecular flexibility index (Phi) is 4.70. The normalized spacial score (nSPS) is 11.8. The van der Waals surface area contributed by atoms with Crippen molar-refractivity contribution in [3.63, 3.8) is 0 Å². The first-order chi connectivity index (χ1) is 9.95. The summed E-state index contributed by atoms with van der Waals surface area (Å²) < 4.78 is 0. The van der Waals surface area contributed by atoms with Crippen LogP contribution in [0.3, 0.4) is 0 Å². The molecule has 1 unspecified atom stereocenters. The zero-order valence-corrected chi connectivity index (χ0v) is 13.0. The molecule has 0 saturated heterocycles. The van der Waals surface area contributed by atoms with E-state index in [-0.39, 0.29) is 17.9 Å². The van der Waals surface area contributed by atoms with Gasteiger partial charge >= 0.3 is 6.03 Å². The summed E-state index contributed by atoms with van der Waals surface area (Å²) in [5, 5.41) is 8.35. The summed E-state index contributed by atoms with van der Waals surface area (Å²) in [6.07, 6.45) is 0. The number of carbonyl (C=O) groups excluding carboxylic acids is 2. The van der Waals surface area contributed by atoms with Gasteiger partial charge in [-0.2, -0.15) is 0 Å². The highest BCUT2D eigenvalue weighted by Crippen LogP contribution is 2.18. The standard InChI is InChI=1S/C15H17N3O2S/c1-9-8-21-14(16-9)10(2)17-15(20)18-13-6-4-5-12(7-13)11(3)19/h4-8,10H,1-3H3,(H2,17,18,20). The SMILES string of the molecule is CC(=O)c1cccc(NC(=O)NC(C)c2nc(C)cs2)c1. The summed E-state index contributed by atoms with van der Waals surface area (Å²) in [5.74, 6) is -0.0364. The van der Waals surface area contributed by atoms with Crippen molar-refractivity contribution < 1.29 is 9.59 Å². The number of ketones is 1. The average Bonchev–Trinajstić information content (AvgIpc) is 2.85. The Morgan fingerprint density at radius 3 is 2.71 bits per heavy atom. The molecule has 0 aliphatic carbocycles. The molecule has 2 aromatic rings. The number of Topliss-reactive ketones (excluding diaryl/α,β-unsaturated/α-hetero) is 1. The van der Waals surface area contributed by atoms with Gasteiger partial charge in [0.05, 0.1) is 6.04 Å². The van der Waals surface area contributed by atoms with Crippen LogP contribution in [0.1, 0.15) is 40.9 Å². The minimum absolute atomic E-state index is 0.0364. The van der Waals surface area contributed by atoms with E-state index in [2.05, 4.69) is 15.6 Å². The molecular weight excluding hydrogens is 286 g/mol. The van der Waals surface area contributed by atoms with Crippen LogP contribution in [0.4, 0.5) is 10.5 Å². The maximum atomic E-state index is 12.0. The molecule has 0 saturated carbocycles. The number of anilines is 1. The number of amides is 2. The summed E-state index contributed by atoms with van der Waals surface area (Å²) in [5.41, 5.74) is 2.09. The van der Waals surface area contributed by atoms with Crippen LogP contribution in [0, 0.1) is 6.92 Å². The molecule has 0 aliphatic heterocycles. The Hall–Kier alpha value is -2.21. The highest BCUT2D eigenvalue weighted by atomic mass is 32.1. The van der Waals surface area contributed by atoms with Gasteiger partial charge in [0.2, 0.25) is 0 Å². The first-order valence-electron chi connectivity index (χ1n) is 6.56. The Morgan fingerprint density at radius 1 is 1.33 bits per heavy atom. The first-order valence-corrected chi connectivity index (χ1v) is 7.44. The lowest BCUT2D eigenvalue weighted by atomic mass is 10.1. The molecule has 21 heavy (non-hydrogen) atoms. The Morgan fingerprint density at radius 2 is 2.10 bits per heavy atom. The molecule has 2 N–H and O–H groups in total. The number of nitrogens with zero attached hydrogens (tertiary/aromatic N) is 1. The zero-order chi connectivity index (χ0) is 15.4. The van der Waals surface area contributed by atoms with Gasteiger partial charge in [-0.25, -0.2) is 9.78 Å². The second-order valence-corrected chi connectivity index (χ2v) is 5.67. The maximum Gasteiger partial charge on any atom is 0.319 e. The highest BCUT2D eigenvalue weighted by Gasteiger charge is 2.12. The van der Waals surface area contributed by atoms with Gasteiger partial charge in [0.1, 0.15) is 5.01 Å². The summed E-state index contributed by atoms with van der Waals surface area (Å²) in [4.78, 5) is 27.6. The average molecular weight is 303 g/mol. The van der Waals surface area contributed by atoms with Gasteiger partial charge in [0, 0.05) is 22.3 Å². The lowest BCUT2D eigenvalue weighted by Crippen LogP contribution is -2.31. The van der Waals surface area contributed by atoms with E-state index in [0.717, 1.165) is 10.7 Å². The van der Waals surface area contributed by atoms with Crippen molar-refractivity contribution in [2.24, 2.45) is 0 Å². The van der Waals surface area contributed by atoms with Crippen molar-refractivity contribution in [1.29, 1.82) is 0 Å². The number of rotatable bonds is 4. The van der Waals surface area contributed by atoms with Crippen molar-refractivity contribution >= 4 is 28.8 Å². The van der Waals surface area contributed by atoms with Crippen LogP contribution in [0.5, 0.6) is 0 Å². The molecule has 2 amide bonds. The third-order valence-electron chi connectivity index (χ3n) is 2.88. The largest absolute Gasteiger partial charge is 0.329 e. The number of carbonyl (C=O) groups is 2. The molecular formula is C15H17N3O2S. The Balaban J connectivity index is 1.98. The number of hydrogen-bond acceptors (Lipinski definition) is 4. The molecule has 0 bridgehead atoms. The number of hydrogen-bond donors (Lipinski definition) is 2. The molecule has 0 aliphatic rings. The van der Waals surface area contributed by atoms with Crippen molar-refractivity contribution in [3.05, 3.63) is 45.9 Å². The Labute approximate surface area is 127 Å². The van der Waals surface area contributed by atoms with Gasteiger partial charge in [-0.3, -0.25) is 4.79 Å². The third kappa shape index (κ3) is 4.13. The van der Waals surface area contributed by atoms with Gasteiger partial charge in [-0.15, -0.1) is 11.3 Å². The molecule has 6 heteroatoms. The van der Waals surface area contributed by atoms with Gasteiger partial charge in [-0.1, -0.05) is 12.1 Å². The predicted molar refractivity (Wildman–Crippen MR) is 83.9 cm³/mol. The summed E-state index contributed by atoms with van der Waals surface area (Å²) >= 11 is 1.51. The van der Waals surface area contributed by atoms with Crippen LogP contribution in [0.25, 0.3) is 0 Å². The van der Waals surface area contributed by atoms with E-state index in [4.69, 9.17) is 0 Å². The molecule has 0 radical (unpaired) electrons. The van der Waals surface area contributed by atoms with E-state index >= 15 is 0 Å². The highest BCUT2D eigenvalue weighted by molar-refractivity contribution is 7.09. The molecule has 0 fully saturated rings. The third-order valence-corrected chi connectivity index (χ3v) is 4.03. The molecule has 1 aromatic heterocycles. The number of benzene rings is 1. The Bertz CT molecular complexity index is 666. The lowest BCUT2D eigenvalue weighted by Gasteiger charge is -2.12. The minimum Gasteiger partial charge on any atom is -0.329 e. The van der Waals surface area contributed by atoms with Crippen LogP contribution in [0.15, 0.2) is 29.6 Å². The van der Waals surface area contributed by atoms with Crippen LogP contribution in [0.2, 0.25) is 0 Å². The molecule has 0 spiro atoms. The molecule has 1 atom stereocenters. The number of thiazole rings is 1. The van der Waals surface area contributed by atoms with E-state index < -0.39 is 0 Å². The molecule has 5 nitrogen and oxygen atoms in total. The summed E-state index contributed by atoms with van der Waals surface area (Å²) in [6, 6.07) is 6.35. The lowest BCUT2D eigenvalue weighted by molar-refractivity contribution is 0.101. The fourth-order valence-corrected chi connectivity index (χ4v) is 2.62. The summed E-state index contributed by atoms with van der Waals surface area (Å²) in [7, 11) is 0. The maximum absolute atomic E-state index is 12.0. The molecule has 2 rings (SSSR count). The molecule has 1 aromatic carbocycles. The van der Waals surface area contributed by atoms with Crippen LogP contribution < -0.4 is 10.6 Å². The predicted octanol–water partition coefficient (Wildman–Crippen LogP) is 3.54. The summed E-state index contributed by atoms with van der Waals surface area (Å²) in [6.45, 7) is 5.29. The van der Waals surface area contributed by atoms with Crippen LogP contribution in [-0.2, 0) is 0 Å². The fourth-order valence-electron chi connectivity index (χ4n) is 1.81. The number of aryl methyl sites for hydroxylation is 1. The van der Waals surface area contributed by atoms with Crippen molar-refractivity contribution in [2.45, 2.75) is 26.8 Å². The van der Waals surface area contributed by atoms with E-state index in [0.29, 0.717) is 11.3 Å². The second-order valence-electron chi connectivity index (χ2n) is 4.78. The topological polar surface area (TPSA) is 71.1 Å².